The van der Waals surface area contributed by atoms with Gasteiger partial charge >= 0.3 is 6.09 Å². The molecule has 0 bridgehead atoms. The van der Waals surface area contributed by atoms with Gasteiger partial charge in [-0.25, -0.2) is 4.79 Å². The molecule has 3 amide bonds. The highest BCUT2D eigenvalue weighted by Gasteiger charge is 2.36. The Morgan fingerprint density at radius 3 is 1.32 bits per heavy atom. The predicted molar refractivity (Wildman–Crippen MR) is 275 cm³/mol. The Morgan fingerprint density at radius 2 is 0.923 bits per heavy atom. The van der Waals surface area contributed by atoms with Crippen LogP contribution in [0.2, 0.25) is 0 Å². The van der Waals surface area contributed by atoms with Gasteiger partial charge in [0.15, 0.2) is 0 Å². The van der Waals surface area contributed by atoms with E-state index in [-0.39, 0.29) is 24.0 Å². The average Bonchev–Trinajstić information content (AvgIpc) is 3.20. The Morgan fingerprint density at radius 1 is 0.538 bits per heavy atom. The van der Waals surface area contributed by atoms with Gasteiger partial charge in [0.2, 0.25) is 11.8 Å². The molecule has 10 heteroatoms. The van der Waals surface area contributed by atoms with Crippen LogP contribution in [0.15, 0.2) is 0 Å². The zero-order valence-corrected chi connectivity index (χ0v) is 44.8. The summed E-state index contributed by atoms with van der Waals surface area (Å²) < 4.78 is 17.8. The standard InChI is InChI=1S/C55H110N4O6/c1-11-13-15-17-19-21-23-25-27-29-31-33-35-37-39-41-44-57-50(61)48(58-49(60)42-40-38-36-34-32-30-28-26-24-22-20-18-16-14-12-2)46-63-51(62)59-53(6,7)47-55(10,56)65-54(8,9)43-45-64-52(3,4)5/h48H,11-47,56H2,1-10H3,(H,57,61)(H,58,60)(H,59,62). The fraction of sp³-hybridized carbons (Fsp3) is 0.945. The van der Waals surface area contributed by atoms with Crippen LogP contribution in [-0.2, 0) is 23.8 Å². The molecule has 0 radical (unpaired) electrons. The van der Waals surface area contributed by atoms with Crippen LogP contribution < -0.4 is 21.7 Å². The lowest BCUT2D eigenvalue weighted by Gasteiger charge is -2.40. The molecular weight excluding hydrogens is 813 g/mol. The molecule has 0 aliphatic rings. The highest BCUT2D eigenvalue weighted by molar-refractivity contribution is 5.88. The Bertz CT molecular complexity index is 1150. The lowest BCUT2D eigenvalue weighted by molar-refractivity contribution is -0.153. The fourth-order valence-corrected chi connectivity index (χ4v) is 8.83. The van der Waals surface area contributed by atoms with Gasteiger partial charge in [-0.15, -0.1) is 0 Å². The molecule has 0 heterocycles. The lowest BCUT2D eigenvalue weighted by atomic mass is 9.93. The number of unbranched alkanes of at least 4 members (excludes halogenated alkanes) is 29. The van der Waals surface area contributed by atoms with Gasteiger partial charge in [-0.05, 0) is 74.7 Å². The number of amides is 3. The van der Waals surface area contributed by atoms with Crippen molar-refractivity contribution in [2.24, 2.45) is 5.73 Å². The van der Waals surface area contributed by atoms with Gasteiger partial charge in [0.25, 0.3) is 0 Å². The van der Waals surface area contributed by atoms with Crippen LogP contribution in [0.1, 0.15) is 288 Å². The number of carbonyl (C=O) groups excluding carboxylic acids is 3. The van der Waals surface area contributed by atoms with Crippen molar-refractivity contribution >= 4 is 17.9 Å². The Hall–Kier alpha value is -1.91. The number of nitrogens with one attached hydrogen (secondary N) is 3. The topological polar surface area (TPSA) is 141 Å². The van der Waals surface area contributed by atoms with Crippen molar-refractivity contribution in [3.8, 4) is 0 Å². The molecule has 386 valence electrons. The summed E-state index contributed by atoms with van der Waals surface area (Å²) >= 11 is 0. The Labute approximate surface area is 402 Å². The molecule has 0 aliphatic carbocycles. The van der Waals surface area contributed by atoms with Crippen molar-refractivity contribution < 1.29 is 28.6 Å². The van der Waals surface area contributed by atoms with E-state index in [0.717, 1.165) is 38.5 Å². The third-order valence-corrected chi connectivity index (χ3v) is 12.4. The molecule has 0 saturated heterocycles. The maximum absolute atomic E-state index is 13.4. The fourth-order valence-electron chi connectivity index (χ4n) is 8.83. The van der Waals surface area contributed by atoms with Gasteiger partial charge in [-0.3, -0.25) is 9.59 Å². The molecule has 5 N–H and O–H groups in total. The molecule has 0 rings (SSSR count). The van der Waals surface area contributed by atoms with Gasteiger partial charge in [0.05, 0.1) is 11.2 Å². The van der Waals surface area contributed by atoms with Gasteiger partial charge in [0.1, 0.15) is 18.4 Å². The van der Waals surface area contributed by atoms with Gasteiger partial charge in [-0.2, -0.15) is 0 Å². The van der Waals surface area contributed by atoms with Gasteiger partial charge in [-0.1, -0.05) is 200 Å². The molecular formula is C55H110N4O6. The van der Waals surface area contributed by atoms with Crippen LogP contribution in [0.25, 0.3) is 0 Å². The first-order valence-corrected chi connectivity index (χ1v) is 27.5. The summed E-state index contributed by atoms with van der Waals surface area (Å²) in [7, 11) is 0. The van der Waals surface area contributed by atoms with Crippen molar-refractivity contribution in [3.05, 3.63) is 0 Å². The van der Waals surface area contributed by atoms with E-state index in [9.17, 15) is 14.4 Å². The number of hydrogen-bond acceptors (Lipinski definition) is 7. The molecule has 10 nitrogen and oxygen atoms in total. The summed E-state index contributed by atoms with van der Waals surface area (Å²) in [6.45, 7) is 20.9. The number of hydrogen-bond donors (Lipinski definition) is 4. The zero-order chi connectivity index (χ0) is 48.7. The minimum Gasteiger partial charge on any atom is -0.447 e. The molecule has 2 unspecified atom stereocenters. The molecule has 0 aliphatic heterocycles. The van der Waals surface area contributed by atoms with Gasteiger partial charge in [0, 0.05) is 31.5 Å². The summed E-state index contributed by atoms with van der Waals surface area (Å²) in [5.41, 5.74) is 3.99. The van der Waals surface area contributed by atoms with Crippen molar-refractivity contribution in [2.45, 2.75) is 316 Å². The van der Waals surface area contributed by atoms with E-state index in [1.165, 1.54) is 161 Å². The summed E-state index contributed by atoms with van der Waals surface area (Å²) in [5.74, 6) is -0.526. The minimum atomic E-state index is -1.06. The van der Waals surface area contributed by atoms with Crippen LogP contribution in [0.4, 0.5) is 4.79 Å². The zero-order valence-electron chi connectivity index (χ0n) is 44.8. The van der Waals surface area contributed by atoms with Crippen molar-refractivity contribution in [1.29, 1.82) is 0 Å². The third-order valence-electron chi connectivity index (χ3n) is 12.4. The van der Waals surface area contributed by atoms with Crippen LogP contribution in [-0.4, -0.2) is 66.2 Å². The van der Waals surface area contributed by atoms with E-state index < -0.39 is 29.0 Å². The van der Waals surface area contributed by atoms with E-state index in [1.807, 2.05) is 55.4 Å². The number of rotatable bonds is 45. The number of nitrogens with two attached hydrogens (primary N) is 1. The van der Waals surface area contributed by atoms with Crippen molar-refractivity contribution in [3.63, 3.8) is 0 Å². The summed E-state index contributed by atoms with van der Waals surface area (Å²) in [6.07, 6.45) is 40.1. The van der Waals surface area contributed by atoms with Crippen molar-refractivity contribution in [1.82, 2.24) is 16.0 Å². The minimum absolute atomic E-state index is 0.196. The SMILES string of the molecule is CCCCCCCCCCCCCCCCCCNC(=O)C(COC(=O)NC(C)(C)CC(C)(N)OC(C)(C)CCOC(C)(C)C)NC(=O)CCCCCCCCCCCCCCCCC. The molecule has 0 aromatic carbocycles. The smallest absolute Gasteiger partial charge is 0.407 e. The van der Waals surface area contributed by atoms with Gasteiger partial charge < -0.3 is 35.9 Å². The molecule has 0 saturated carbocycles. The molecule has 0 spiro atoms. The number of alkyl carbamates (subject to hydrolysis) is 1. The highest BCUT2D eigenvalue weighted by Crippen LogP contribution is 2.28. The van der Waals surface area contributed by atoms with E-state index in [1.54, 1.807) is 0 Å². The lowest BCUT2D eigenvalue weighted by Crippen LogP contribution is -2.56. The maximum atomic E-state index is 13.4. The predicted octanol–water partition coefficient (Wildman–Crippen LogP) is 14.7. The third kappa shape index (κ3) is 43.1. The first kappa shape index (κ1) is 63.1. The second-order valence-electron chi connectivity index (χ2n) is 22.1. The first-order chi connectivity index (χ1) is 30.8. The average molecular weight is 924 g/mol. The second-order valence-corrected chi connectivity index (χ2v) is 22.1. The summed E-state index contributed by atoms with van der Waals surface area (Å²) in [6, 6.07) is -0.979. The van der Waals surface area contributed by atoms with Crippen molar-refractivity contribution in [2.75, 3.05) is 19.8 Å². The monoisotopic (exact) mass is 923 g/mol. The summed E-state index contributed by atoms with van der Waals surface area (Å²) in [5, 5.41) is 8.78. The van der Waals surface area contributed by atoms with E-state index in [4.69, 9.17) is 19.9 Å². The maximum Gasteiger partial charge on any atom is 0.407 e. The van der Waals surface area contributed by atoms with Crippen LogP contribution in [0.3, 0.4) is 0 Å². The number of ether oxygens (including phenoxy) is 3. The van der Waals surface area contributed by atoms with Crippen LogP contribution in [0, 0.1) is 0 Å². The van der Waals surface area contributed by atoms with Crippen LogP contribution >= 0.6 is 0 Å². The molecule has 0 fully saturated rings. The van der Waals surface area contributed by atoms with E-state index in [2.05, 4.69) is 29.8 Å². The molecule has 2 atom stereocenters. The first-order valence-electron chi connectivity index (χ1n) is 27.5. The highest BCUT2D eigenvalue weighted by atomic mass is 16.6. The molecule has 0 aromatic heterocycles. The van der Waals surface area contributed by atoms with E-state index >= 15 is 0 Å². The molecule has 0 aromatic rings. The second kappa shape index (κ2) is 39.0. The quantitative estimate of drug-likeness (QED) is 0.0352. The molecule has 65 heavy (non-hydrogen) atoms. The van der Waals surface area contributed by atoms with Crippen LogP contribution in [0.5, 0.6) is 0 Å². The number of carbonyl (C=O) groups is 3. The summed E-state index contributed by atoms with van der Waals surface area (Å²) in [4.78, 5) is 39.7. The normalized spacial score (nSPS) is 13.6. The van der Waals surface area contributed by atoms with E-state index in [0.29, 0.717) is 32.4 Å². The Balaban J connectivity index is 4.83. The largest absolute Gasteiger partial charge is 0.447 e. The Kier molecular flexibility index (Phi) is 37.8.